The van der Waals surface area contributed by atoms with Crippen LogP contribution in [0.3, 0.4) is 0 Å². The van der Waals surface area contributed by atoms with Crippen LogP contribution in [0.25, 0.3) is 0 Å². The highest BCUT2D eigenvalue weighted by Crippen LogP contribution is 2.36. The highest BCUT2D eigenvalue weighted by molar-refractivity contribution is 7.89. The first kappa shape index (κ1) is 18.2. The number of nitrogens with zero attached hydrogens (tertiary/aromatic N) is 2. The number of hydrogen-bond acceptors (Lipinski definition) is 3. The Morgan fingerprint density at radius 3 is 2.44 bits per heavy atom. The maximum absolute atomic E-state index is 13.2. The number of sulfonamides is 1. The van der Waals surface area contributed by atoms with Gasteiger partial charge in [0.25, 0.3) is 0 Å². The summed E-state index contributed by atoms with van der Waals surface area (Å²) < 4.78 is 27.9. The van der Waals surface area contributed by atoms with E-state index >= 15 is 0 Å². The summed E-state index contributed by atoms with van der Waals surface area (Å²) in [5, 5.41) is 0. The first-order chi connectivity index (χ1) is 13.0. The van der Waals surface area contributed by atoms with Crippen LogP contribution in [-0.2, 0) is 21.2 Å². The fraction of sp³-hybridized carbons (Fsp3) is 0.381. The summed E-state index contributed by atoms with van der Waals surface area (Å²) in [6.45, 7) is 0.698. The van der Waals surface area contributed by atoms with E-state index in [9.17, 15) is 13.2 Å². The van der Waals surface area contributed by atoms with Gasteiger partial charge in [0.2, 0.25) is 15.9 Å². The Bertz CT molecular complexity index is 954. The summed E-state index contributed by atoms with van der Waals surface area (Å²) in [5.41, 5.74) is 3.11. The van der Waals surface area contributed by atoms with Crippen LogP contribution in [0.2, 0.25) is 0 Å². The molecule has 1 atom stereocenters. The lowest BCUT2D eigenvalue weighted by Gasteiger charge is -2.32. The molecule has 27 heavy (non-hydrogen) atoms. The first-order valence-electron chi connectivity index (χ1n) is 9.45. The number of fused-ring (bicyclic) bond motifs is 1. The smallest absolute Gasteiger partial charge is 0.243 e. The zero-order valence-electron chi connectivity index (χ0n) is 15.5. The monoisotopic (exact) mass is 384 g/mol. The molecule has 142 valence electrons. The Labute approximate surface area is 160 Å². The molecule has 0 bridgehead atoms. The van der Waals surface area contributed by atoms with Crippen molar-refractivity contribution in [2.45, 2.75) is 43.0 Å². The molecule has 6 heteroatoms. The number of hydrogen-bond donors (Lipinski definition) is 0. The van der Waals surface area contributed by atoms with Gasteiger partial charge in [-0.15, -0.1) is 0 Å². The molecule has 0 saturated carbocycles. The third-order valence-corrected chi connectivity index (χ3v) is 7.56. The minimum Gasteiger partial charge on any atom is -0.312 e. The second-order valence-corrected chi connectivity index (χ2v) is 9.27. The molecule has 0 N–H and O–H groups in total. The molecule has 1 aliphatic carbocycles. The van der Waals surface area contributed by atoms with Crippen molar-refractivity contribution < 1.29 is 13.2 Å². The van der Waals surface area contributed by atoms with Crippen LogP contribution >= 0.6 is 0 Å². The molecule has 0 aromatic heterocycles. The topological polar surface area (TPSA) is 57.7 Å². The Kier molecular flexibility index (Phi) is 4.78. The molecule has 1 fully saturated rings. The summed E-state index contributed by atoms with van der Waals surface area (Å²) in [4.78, 5) is 13.9. The lowest BCUT2D eigenvalue weighted by atomic mass is 9.88. The standard InChI is InChI=1S/C21H24N2O3S/c1-22(20-9-4-7-16-6-2-3-8-19(16)20)27(25,26)18-13-11-17(12-14-18)23-15-5-10-21(23)24/h2-3,6,8,11-14,20H,4-5,7,9-10,15H2,1H3/t20-/m1/s1. The molecule has 1 amide bonds. The minimum absolute atomic E-state index is 0.0986. The Morgan fingerprint density at radius 1 is 1.00 bits per heavy atom. The van der Waals surface area contributed by atoms with Crippen LogP contribution in [0, 0.1) is 0 Å². The molecule has 0 radical (unpaired) electrons. The zero-order valence-corrected chi connectivity index (χ0v) is 16.3. The quantitative estimate of drug-likeness (QED) is 0.810. The molecule has 0 unspecified atom stereocenters. The second-order valence-electron chi connectivity index (χ2n) is 7.27. The van der Waals surface area contributed by atoms with Crippen LogP contribution < -0.4 is 4.90 Å². The van der Waals surface area contributed by atoms with Gasteiger partial charge in [0.1, 0.15) is 0 Å². The van der Waals surface area contributed by atoms with Crippen LogP contribution in [0.15, 0.2) is 53.4 Å². The number of amides is 1. The van der Waals surface area contributed by atoms with Gasteiger partial charge in [0, 0.05) is 31.7 Å². The Hall–Kier alpha value is -2.18. The molecule has 2 aliphatic rings. The predicted octanol–water partition coefficient (Wildman–Crippen LogP) is 3.51. The third kappa shape index (κ3) is 3.28. The van der Waals surface area contributed by atoms with E-state index in [0.29, 0.717) is 13.0 Å². The van der Waals surface area contributed by atoms with E-state index in [0.717, 1.165) is 36.9 Å². The van der Waals surface area contributed by atoms with Gasteiger partial charge in [-0.1, -0.05) is 24.3 Å². The molecule has 2 aromatic rings. The number of benzene rings is 2. The zero-order chi connectivity index (χ0) is 19.0. The van der Waals surface area contributed by atoms with Crippen molar-refractivity contribution in [2.24, 2.45) is 0 Å². The lowest BCUT2D eigenvalue weighted by Crippen LogP contribution is -2.33. The number of carbonyl (C=O) groups excluding carboxylic acids is 1. The predicted molar refractivity (Wildman–Crippen MR) is 105 cm³/mol. The van der Waals surface area contributed by atoms with Crippen LogP contribution in [-0.4, -0.2) is 32.2 Å². The highest BCUT2D eigenvalue weighted by atomic mass is 32.2. The molecular formula is C21H24N2O3S. The molecular weight excluding hydrogens is 360 g/mol. The van der Waals surface area contributed by atoms with Gasteiger partial charge in [-0.05, 0) is 61.1 Å². The number of anilines is 1. The lowest BCUT2D eigenvalue weighted by molar-refractivity contribution is -0.117. The molecule has 2 aromatic carbocycles. The van der Waals surface area contributed by atoms with Crippen molar-refractivity contribution in [3.8, 4) is 0 Å². The fourth-order valence-electron chi connectivity index (χ4n) is 4.16. The van der Waals surface area contributed by atoms with Crippen LogP contribution in [0.1, 0.15) is 42.9 Å². The summed E-state index contributed by atoms with van der Waals surface area (Å²) >= 11 is 0. The summed E-state index contributed by atoms with van der Waals surface area (Å²) in [6, 6.07) is 14.7. The fourth-order valence-corrected chi connectivity index (χ4v) is 5.53. The van der Waals surface area contributed by atoms with E-state index < -0.39 is 10.0 Å². The highest BCUT2D eigenvalue weighted by Gasteiger charge is 2.32. The average molecular weight is 385 g/mol. The van der Waals surface area contributed by atoms with E-state index in [1.54, 1.807) is 36.2 Å². The average Bonchev–Trinajstić information content (AvgIpc) is 3.13. The number of rotatable bonds is 4. The molecule has 1 saturated heterocycles. The Morgan fingerprint density at radius 2 is 1.74 bits per heavy atom. The molecule has 5 nitrogen and oxygen atoms in total. The second kappa shape index (κ2) is 7.09. The minimum atomic E-state index is -3.61. The molecule has 0 spiro atoms. The van der Waals surface area contributed by atoms with Gasteiger partial charge in [0.15, 0.2) is 0 Å². The molecule has 4 rings (SSSR count). The van der Waals surface area contributed by atoms with Crippen molar-refractivity contribution in [3.05, 3.63) is 59.7 Å². The van der Waals surface area contributed by atoms with E-state index in [1.807, 2.05) is 18.2 Å². The van der Waals surface area contributed by atoms with Crippen molar-refractivity contribution in [1.29, 1.82) is 0 Å². The van der Waals surface area contributed by atoms with Crippen molar-refractivity contribution in [3.63, 3.8) is 0 Å². The summed E-state index contributed by atoms with van der Waals surface area (Å²) in [5.74, 6) is 0.0986. The van der Waals surface area contributed by atoms with E-state index in [4.69, 9.17) is 0 Å². The van der Waals surface area contributed by atoms with Gasteiger partial charge in [-0.25, -0.2) is 8.42 Å². The van der Waals surface area contributed by atoms with Gasteiger partial charge in [0.05, 0.1) is 4.90 Å². The van der Waals surface area contributed by atoms with Gasteiger partial charge >= 0.3 is 0 Å². The molecule has 1 aliphatic heterocycles. The van der Waals surface area contributed by atoms with Crippen LogP contribution in [0.5, 0.6) is 0 Å². The molecule has 1 heterocycles. The Balaban J connectivity index is 1.61. The van der Waals surface area contributed by atoms with Crippen molar-refractivity contribution >= 4 is 21.6 Å². The van der Waals surface area contributed by atoms with Crippen molar-refractivity contribution in [2.75, 3.05) is 18.5 Å². The summed E-state index contributed by atoms with van der Waals surface area (Å²) in [6.07, 6.45) is 4.22. The summed E-state index contributed by atoms with van der Waals surface area (Å²) in [7, 11) is -1.94. The normalized spacial score (nSPS) is 20.1. The maximum atomic E-state index is 13.2. The van der Waals surface area contributed by atoms with Gasteiger partial charge in [-0.2, -0.15) is 4.31 Å². The SMILES string of the molecule is CN([C@@H]1CCCc2ccccc21)S(=O)(=O)c1ccc(N2CCCC2=O)cc1. The number of aryl methyl sites for hydroxylation is 1. The maximum Gasteiger partial charge on any atom is 0.243 e. The third-order valence-electron chi connectivity index (χ3n) is 5.68. The van der Waals surface area contributed by atoms with Crippen molar-refractivity contribution in [1.82, 2.24) is 4.31 Å². The van der Waals surface area contributed by atoms with Gasteiger partial charge in [-0.3, -0.25) is 4.79 Å². The van der Waals surface area contributed by atoms with E-state index in [2.05, 4.69) is 6.07 Å². The van der Waals surface area contributed by atoms with E-state index in [-0.39, 0.29) is 16.8 Å². The van der Waals surface area contributed by atoms with Gasteiger partial charge < -0.3 is 4.90 Å². The number of carbonyl (C=O) groups is 1. The first-order valence-corrected chi connectivity index (χ1v) is 10.9. The van der Waals surface area contributed by atoms with Crippen LogP contribution in [0.4, 0.5) is 5.69 Å². The largest absolute Gasteiger partial charge is 0.312 e. The van der Waals surface area contributed by atoms with E-state index in [1.165, 1.54) is 9.87 Å².